The molecule has 3 N–H and O–H groups in total. The van der Waals surface area contributed by atoms with Gasteiger partial charge in [-0.05, 0) is 55.0 Å². The van der Waals surface area contributed by atoms with E-state index in [0.29, 0.717) is 23.0 Å². The normalized spacial score (nSPS) is 11.4. The highest BCUT2D eigenvalue weighted by molar-refractivity contribution is 7.95. The number of aromatic nitrogens is 2. The molecule has 0 unspecified atom stereocenters. The van der Waals surface area contributed by atoms with E-state index in [9.17, 15) is 9.59 Å². The van der Waals surface area contributed by atoms with Gasteiger partial charge in [0, 0.05) is 12.2 Å². The molecule has 0 saturated carbocycles. The average molecular weight is 481 g/mol. The predicted molar refractivity (Wildman–Crippen MR) is 148 cm³/mol. The standard InChI is InChI=1S/C29H26N3O2P/c33-28-25-18-10-19-26(27(25)29(34)32-31-28)30-20-11-21-35(22-12-4-1-5-13-22,23-14-6-2-7-15-23)24-16-8-3-9-17-24/h1-10,12-19H,11,20-21H2,(H2-,30,31,32,33,34)/p+1. The second-order valence-electron chi connectivity index (χ2n) is 8.46. The zero-order valence-electron chi connectivity index (χ0n) is 19.3. The number of hydrogen-bond donors (Lipinski definition) is 3. The quantitative estimate of drug-likeness (QED) is 0.232. The van der Waals surface area contributed by atoms with Gasteiger partial charge in [0.2, 0.25) is 0 Å². The summed E-state index contributed by atoms with van der Waals surface area (Å²) < 4.78 is 0. The van der Waals surface area contributed by atoms with Crippen molar-refractivity contribution in [1.29, 1.82) is 0 Å². The van der Waals surface area contributed by atoms with Crippen LogP contribution in [0, 0.1) is 0 Å². The Morgan fingerprint density at radius 2 is 1.11 bits per heavy atom. The second-order valence-corrected chi connectivity index (χ2v) is 12.1. The van der Waals surface area contributed by atoms with Crippen molar-refractivity contribution in [3.05, 3.63) is 130 Å². The van der Waals surface area contributed by atoms with Crippen molar-refractivity contribution >= 4 is 39.6 Å². The lowest BCUT2D eigenvalue weighted by Gasteiger charge is -2.27. The fraction of sp³-hybridized carbons (Fsp3) is 0.103. The van der Waals surface area contributed by atoms with E-state index in [2.05, 4.69) is 107 Å². The summed E-state index contributed by atoms with van der Waals surface area (Å²) >= 11 is 0. The van der Waals surface area contributed by atoms with Gasteiger partial charge in [0.15, 0.2) is 0 Å². The van der Waals surface area contributed by atoms with Crippen molar-refractivity contribution in [2.45, 2.75) is 6.42 Å². The number of fused-ring (bicyclic) bond motifs is 1. The molecule has 5 aromatic rings. The van der Waals surface area contributed by atoms with Crippen LogP contribution in [0.15, 0.2) is 119 Å². The van der Waals surface area contributed by atoms with E-state index in [1.807, 2.05) is 6.07 Å². The maximum absolute atomic E-state index is 12.4. The van der Waals surface area contributed by atoms with Crippen LogP contribution in [0.4, 0.5) is 5.69 Å². The Morgan fingerprint density at radius 3 is 1.66 bits per heavy atom. The molecule has 0 saturated heterocycles. The Labute approximate surface area is 204 Å². The van der Waals surface area contributed by atoms with Gasteiger partial charge in [0.1, 0.15) is 23.2 Å². The van der Waals surface area contributed by atoms with E-state index in [0.717, 1.165) is 12.6 Å². The van der Waals surface area contributed by atoms with E-state index in [1.54, 1.807) is 12.1 Å². The fourth-order valence-electron chi connectivity index (χ4n) is 4.80. The van der Waals surface area contributed by atoms with Crippen molar-refractivity contribution in [3.63, 3.8) is 0 Å². The number of hydrogen-bond acceptors (Lipinski definition) is 3. The van der Waals surface area contributed by atoms with Crippen LogP contribution < -0.4 is 32.3 Å². The van der Waals surface area contributed by atoms with Gasteiger partial charge < -0.3 is 5.32 Å². The minimum Gasteiger partial charge on any atom is -0.384 e. The van der Waals surface area contributed by atoms with Gasteiger partial charge in [-0.2, -0.15) is 0 Å². The van der Waals surface area contributed by atoms with E-state index in [-0.39, 0.29) is 11.1 Å². The third-order valence-electron chi connectivity index (χ3n) is 6.40. The van der Waals surface area contributed by atoms with Gasteiger partial charge in [-0.1, -0.05) is 60.7 Å². The number of benzene rings is 4. The van der Waals surface area contributed by atoms with E-state index >= 15 is 0 Å². The number of rotatable bonds is 8. The van der Waals surface area contributed by atoms with E-state index in [4.69, 9.17) is 0 Å². The first-order valence-corrected chi connectivity index (χ1v) is 13.7. The third-order valence-corrected chi connectivity index (χ3v) is 10.9. The molecule has 0 radical (unpaired) electrons. The van der Waals surface area contributed by atoms with Crippen LogP contribution in [0.5, 0.6) is 0 Å². The highest BCUT2D eigenvalue weighted by Crippen LogP contribution is 2.55. The summed E-state index contributed by atoms with van der Waals surface area (Å²) in [5.74, 6) is 0. The molecule has 5 nitrogen and oxygen atoms in total. The molecule has 0 atom stereocenters. The maximum atomic E-state index is 12.4. The zero-order chi connectivity index (χ0) is 24.1. The van der Waals surface area contributed by atoms with Crippen LogP contribution in [0.3, 0.4) is 0 Å². The number of H-pyrrole nitrogens is 2. The molecule has 35 heavy (non-hydrogen) atoms. The van der Waals surface area contributed by atoms with Gasteiger partial charge in [0.05, 0.1) is 16.9 Å². The molecular formula is C29H27N3O2P+. The molecule has 0 spiro atoms. The van der Waals surface area contributed by atoms with Crippen LogP contribution in [0.2, 0.25) is 0 Å². The molecule has 174 valence electrons. The Balaban J connectivity index is 1.49. The molecule has 0 aliphatic heterocycles. The van der Waals surface area contributed by atoms with Crippen molar-refractivity contribution in [2.75, 3.05) is 18.0 Å². The monoisotopic (exact) mass is 480 g/mol. The van der Waals surface area contributed by atoms with Crippen molar-refractivity contribution < 1.29 is 0 Å². The summed E-state index contributed by atoms with van der Waals surface area (Å²) in [5, 5.41) is 13.1. The summed E-state index contributed by atoms with van der Waals surface area (Å²) in [6.45, 7) is 0.680. The van der Waals surface area contributed by atoms with Gasteiger partial charge in [-0.25, -0.2) is 0 Å². The molecule has 1 heterocycles. The van der Waals surface area contributed by atoms with Gasteiger partial charge in [-0.3, -0.25) is 19.8 Å². The first-order chi connectivity index (χ1) is 17.2. The molecule has 6 heteroatoms. The van der Waals surface area contributed by atoms with Gasteiger partial charge >= 0.3 is 0 Å². The van der Waals surface area contributed by atoms with Crippen molar-refractivity contribution in [2.24, 2.45) is 0 Å². The third kappa shape index (κ3) is 4.43. The minimum atomic E-state index is -1.90. The smallest absolute Gasteiger partial charge is 0.272 e. The number of anilines is 1. The van der Waals surface area contributed by atoms with Crippen LogP contribution in [-0.2, 0) is 0 Å². The van der Waals surface area contributed by atoms with Gasteiger partial charge in [-0.15, -0.1) is 0 Å². The lowest BCUT2D eigenvalue weighted by Crippen LogP contribution is -2.33. The van der Waals surface area contributed by atoms with Crippen LogP contribution in [-0.4, -0.2) is 22.9 Å². The lowest BCUT2D eigenvalue weighted by atomic mass is 10.1. The summed E-state index contributed by atoms with van der Waals surface area (Å²) in [6.07, 6.45) is 1.86. The zero-order valence-corrected chi connectivity index (χ0v) is 20.2. The molecule has 0 aliphatic carbocycles. The molecule has 5 rings (SSSR count). The molecule has 1 aromatic heterocycles. The molecule has 0 amide bonds. The molecule has 0 bridgehead atoms. The maximum Gasteiger partial charge on any atom is 0.272 e. The first kappa shape index (κ1) is 22.8. The van der Waals surface area contributed by atoms with Crippen molar-refractivity contribution in [3.8, 4) is 0 Å². The Bertz CT molecular complexity index is 1430. The average Bonchev–Trinajstić information content (AvgIpc) is 2.92. The summed E-state index contributed by atoms with van der Waals surface area (Å²) in [6, 6.07) is 37.7. The molecule has 0 fully saturated rings. The van der Waals surface area contributed by atoms with Crippen molar-refractivity contribution in [1.82, 2.24) is 10.2 Å². The summed E-state index contributed by atoms with van der Waals surface area (Å²) in [4.78, 5) is 24.6. The minimum absolute atomic E-state index is 0.301. The SMILES string of the molecule is O=c1[nH][nH]c(=O)c2c(NCCC[P+](c3ccccc3)(c3ccccc3)c3ccccc3)cccc12. The second kappa shape index (κ2) is 10.1. The molecule has 4 aromatic carbocycles. The fourth-order valence-corrected chi connectivity index (χ4v) is 9.14. The highest BCUT2D eigenvalue weighted by Gasteiger charge is 2.44. The van der Waals surface area contributed by atoms with E-state index in [1.165, 1.54) is 15.9 Å². The highest BCUT2D eigenvalue weighted by atomic mass is 31.2. The Hall–Kier alpha value is -3.95. The topological polar surface area (TPSA) is 77.8 Å². The molecule has 0 aliphatic rings. The number of aromatic amines is 2. The van der Waals surface area contributed by atoms with E-state index < -0.39 is 7.26 Å². The van der Waals surface area contributed by atoms with Gasteiger partial charge in [0.25, 0.3) is 11.1 Å². The molecular weight excluding hydrogens is 453 g/mol. The first-order valence-electron chi connectivity index (χ1n) is 11.7. The van der Waals surface area contributed by atoms with Crippen LogP contribution in [0.25, 0.3) is 10.8 Å². The number of nitrogens with one attached hydrogen (secondary N) is 3. The Morgan fingerprint density at radius 1 is 0.600 bits per heavy atom. The lowest BCUT2D eigenvalue weighted by molar-refractivity contribution is 0.970. The van der Waals surface area contributed by atoms with Crippen LogP contribution >= 0.6 is 7.26 Å². The van der Waals surface area contributed by atoms with Crippen LogP contribution in [0.1, 0.15) is 6.42 Å². The Kier molecular flexibility index (Phi) is 6.60. The summed E-state index contributed by atoms with van der Waals surface area (Å²) in [5.41, 5.74) is 0.0748. The summed E-state index contributed by atoms with van der Waals surface area (Å²) in [7, 11) is -1.90. The largest absolute Gasteiger partial charge is 0.384 e. The predicted octanol–water partition coefficient (Wildman–Crippen LogP) is 4.01.